The molecular weight excluding hydrogens is 310 g/mol. The summed E-state index contributed by atoms with van der Waals surface area (Å²) in [6.45, 7) is 2.10. The second kappa shape index (κ2) is 5.94. The maximum atomic E-state index is 5.98. The Morgan fingerprint density at radius 1 is 1.00 bits per heavy atom. The molecule has 0 radical (unpaired) electrons. The van der Waals surface area contributed by atoms with E-state index in [1.807, 2.05) is 31.4 Å². The predicted molar refractivity (Wildman–Crippen MR) is 103 cm³/mol. The Hall–Kier alpha value is -3.34. The van der Waals surface area contributed by atoms with Crippen LogP contribution >= 0.6 is 0 Å². The van der Waals surface area contributed by atoms with Crippen LogP contribution in [0.25, 0.3) is 27.8 Å². The zero-order valence-electron chi connectivity index (χ0n) is 14.2. The molecule has 3 N–H and O–H groups in total. The van der Waals surface area contributed by atoms with E-state index < -0.39 is 0 Å². The SMILES string of the molecule is CNc1cc(-n2ccc3ccc(-c4cc(N)ccc4C)cc32)ncn1. The van der Waals surface area contributed by atoms with E-state index in [1.54, 1.807) is 6.33 Å². The van der Waals surface area contributed by atoms with Crippen LogP contribution in [-0.2, 0) is 0 Å². The molecule has 2 heterocycles. The predicted octanol–water partition coefficient (Wildman–Crippen LogP) is 4.02. The quantitative estimate of drug-likeness (QED) is 0.557. The molecule has 0 aliphatic carbocycles. The molecule has 0 aliphatic rings. The number of nitrogens with two attached hydrogens (primary N) is 1. The van der Waals surface area contributed by atoms with Crippen LogP contribution in [-0.4, -0.2) is 21.6 Å². The van der Waals surface area contributed by atoms with E-state index in [0.29, 0.717) is 0 Å². The summed E-state index contributed by atoms with van der Waals surface area (Å²) in [5.41, 5.74) is 11.3. The van der Waals surface area contributed by atoms with Crippen molar-refractivity contribution in [2.24, 2.45) is 0 Å². The van der Waals surface area contributed by atoms with Crippen molar-refractivity contribution in [3.8, 4) is 16.9 Å². The van der Waals surface area contributed by atoms with Crippen molar-refractivity contribution in [2.45, 2.75) is 6.92 Å². The van der Waals surface area contributed by atoms with Crippen molar-refractivity contribution in [2.75, 3.05) is 18.1 Å². The Balaban J connectivity index is 1.89. The van der Waals surface area contributed by atoms with E-state index in [0.717, 1.165) is 39.4 Å². The Bertz CT molecular complexity index is 1060. The van der Waals surface area contributed by atoms with Gasteiger partial charge < -0.3 is 15.6 Å². The van der Waals surface area contributed by atoms with Crippen LogP contribution in [0.2, 0.25) is 0 Å². The average molecular weight is 329 g/mol. The van der Waals surface area contributed by atoms with E-state index >= 15 is 0 Å². The first-order valence-electron chi connectivity index (χ1n) is 8.13. The third kappa shape index (κ3) is 2.70. The molecule has 0 saturated carbocycles. The highest BCUT2D eigenvalue weighted by atomic mass is 15.1. The van der Waals surface area contributed by atoms with Crippen LogP contribution in [0.4, 0.5) is 11.5 Å². The molecular formula is C20H19N5. The molecule has 4 aromatic rings. The van der Waals surface area contributed by atoms with Crippen LogP contribution in [0.15, 0.2) is 61.1 Å². The Morgan fingerprint density at radius 3 is 2.72 bits per heavy atom. The maximum Gasteiger partial charge on any atom is 0.142 e. The zero-order valence-corrected chi connectivity index (χ0v) is 14.2. The summed E-state index contributed by atoms with van der Waals surface area (Å²) in [5, 5.41) is 4.21. The number of aryl methyl sites for hydroxylation is 1. The van der Waals surface area contributed by atoms with Gasteiger partial charge in [0.2, 0.25) is 0 Å². The van der Waals surface area contributed by atoms with E-state index in [-0.39, 0.29) is 0 Å². The Kier molecular flexibility index (Phi) is 3.61. The lowest BCUT2D eigenvalue weighted by atomic mass is 9.99. The van der Waals surface area contributed by atoms with Crippen LogP contribution in [0, 0.1) is 6.92 Å². The zero-order chi connectivity index (χ0) is 17.4. The summed E-state index contributed by atoms with van der Waals surface area (Å²) in [6.07, 6.45) is 3.60. The largest absolute Gasteiger partial charge is 0.399 e. The highest BCUT2D eigenvalue weighted by Gasteiger charge is 2.09. The minimum Gasteiger partial charge on any atom is -0.399 e. The molecule has 5 nitrogen and oxygen atoms in total. The van der Waals surface area contributed by atoms with Gasteiger partial charge in [-0.25, -0.2) is 9.97 Å². The van der Waals surface area contributed by atoms with Crippen molar-refractivity contribution in [3.05, 3.63) is 66.6 Å². The fourth-order valence-electron chi connectivity index (χ4n) is 3.06. The third-order valence-corrected chi connectivity index (χ3v) is 4.42. The second-order valence-electron chi connectivity index (χ2n) is 6.05. The third-order valence-electron chi connectivity index (χ3n) is 4.42. The van der Waals surface area contributed by atoms with Gasteiger partial charge in [-0.05, 0) is 47.9 Å². The van der Waals surface area contributed by atoms with Crippen molar-refractivity contribution in [1.82, 2.24) is 14.5 Å². The van der Waals surface area contributed by atoms with Crippen LogP contribution < -0.4 is 11.1 Å². The molecule has 0 aliphatic heterocycles. The molecule has 0 amide bonds. The standard InChI is InChI=1S/C20H19N5/c1-13-3-6-16(21)10-17(13)15-5-4-14-7-8-25(18(14)9-15)20-11-19(22-2)23-12-24-20/h3-12H,21H2,1-2H3,(H,22,23,24). The summed E-state index contributed by atoms with van der Waals surface area (Å²) in [7, 11) is 1.85. The van der Waals surface area contributed by atoms with Gasteiger partial charge in [0, 0.05) is 30.4 Å². The minimum atomic E-state index is 0.769. The molecule has 0 unspecified atom stereocenters. The van der Waals surface area contributed by atoms with Crippen LogP contribution in [0.1, 0.15) is 5.56 Å². The fourth-order valence-corrected chi connectivity index (χ4v) is 3.06. The van der Waals surface area contributed by atoms with Gasteiger partial charge in [-0.15, -0.1) is 0 Å². The molecule has 2 aromatic carbocycles. The van der Waals surface area contributed by atoms with Gasteiger partial charge in [-0.1, -0.05) is 18.2 Å². The molecule has 5 heteroatoms. The van der Waals surface area contributed by atoms with Gasteiger partial charge in [0.1, 0.15) is 18.0 Å². The topological polar surface area (TPSA) is 68.8 Å². The highest BCUT2D eigenvalue weighted by molar-refractivity contribution is 5.87. The summed E-state index contributed by atoms with van der Waals surface area (Å²) >= 11 is 0. The summed E-state index contributed by atoms with van der Waals surface area (Å²) in [5.74, 6) is 1.62. The average Bonchev–Trinajstić information content (AvgIpc) is 3.07. The number of benzene rings is 2. The molecule has 124 valence electrons. The minimum absolute atomic E-state index is 0.769. The number of hydrogen-bond acceptors (Lipinski definition) is 4. The smallest absolute Gasteiger partial charge is 0.142 e. The lowest BCUT2D eigenvalue weighted by Crippen LogP contribution is -2.00. The van der Waals surface area contributed by atoms with Crippen molar-refractivity contribution < 1.29 is 0 Å². The van der Waals surface area contributed by atoms with E-state index in [1.165, 1.54) is 5.56 Å². The number of nitrogen functional groups attached to an aromatic ring is 1. The first-order valence-corrected chi connectivity index (χ1v) is 8.13. The number of rotatable bonds is 3. The number of hydrogen-bond donors (Lipinski definition) is 2. The number of nitrogens with one attached hydrogen (secondary N) is 1. The van der Waals surface area contributed by atoms with Gasteiger partial charge in [-0.3, -0.25) is 0 Å². The van der Waals surface area contributed by atoms with Gasteiger partial charge in [0.15, 0.2) is 0 Å². The van der Waals surface area contributed by atoms with Gasteiger partial charge in [0.05, 0.1) is 5.52 Å². The molecule has 0 spiro atoms. The maximum absolute atomic E-state index is 5.98. The number of nitrogens with zero attached hydrogens (tertiary/aromatic N) is 3. The summed E-state index contributed by atoms with van der Waals surface area (Å²) in [4.78, 5) is 8.59. The Labute approximate surface area is 146 Å². The monoisotopic (exact) mass is 329 g/mol. The lowest BCUT2D eigenvalue weighted by molar-refractivity contribution is 1.01. The second-order valence-corrected chi connectivity index (χ2v) is 6.05. The Morgan fingerprint density at radius 2 is 1.88 bits per heavy atom. The van der Waals surface area contributed by atoms with E-state index in [4.69, 9.17) is 5.73 Å². The first kappa shape index (κ1) is 15.2. The van der Waals surface area contributed by atoms with Crippen molar-refractivity contribution in [1.29, 1.82) is 0 Å². The molecule has 0 bridgehead atoms. The molecule has 4 rings (SSSR count). The molecule has 0 atom stereocenters. The molecule has 0 fully saturated rings. The first-order chi connectivity index (χ1) is 12.2. The highest BCUT2D eigenvalue weighted by Crippen LogP contribution is 2.30. The van der Waals surface area contributed by atoms with Gasteiger partial charge >= 0.3 is 0 Å². The van der Waals surface area contributed by atoms with E-state index in [9.17, 15) is 0 Å². The van der Waals surface area contributed by atoms with Gasteiger partial charge in [-0.2, -0.15) is 0 Å². The van der Waals surface area contributed by atoms with Crippen molar-refractivity contribution >= 4 is 22.4 Å². The molecule has 2 aromatic heterocycles. The lowest BCUT2D eigenvalue weighted by Gasteiger charge is -2.10. The van der Waals surface area contributed by atoms with Gasteiger partial charge in [0.25, 0.3) is 0 Å². The summed E-state index contributed by atoms with van der Waals surface area (Å²) in [6, 6.07) is 16.5. The number of fused-ring (bicyclic) bond motifs is 1. The van der Waals surface area contributed by atoms with E-state index in [2.05, 4.69) is 57.1 Å². The number of aromatic nitrogens is 3. The molecule has 0 saturated heterocycles. The number of anilines is 2. The van der Waals surface area contributed by atoms with Crippen LogP contribution in [0.3, 0.4) is 0 Å². The van der Waals surface area contributed by atoms with Crippen LogP contribution in [0.5, 0.6) is 0 Å². The molecule has 25 heavy (non-hydrogen) atoms. The normalized spacial score (nSPS) is 11.0. The van der Waals surface area contributed by atoms with Crippen molar-refractivity contribution in [3.63, 3.8) is 0 Å². The summed E-state index contributed by atoms with van der Waals surface area (Å²) < 4.78 is 2.07. The fraction of sp³-hybridized carbons (Fsp3) is 0.100.